The minimum atomic E-state index is -4.89. The van der Waals surface area contributed by atoms with E-state index in [1.807, 2.05) is 13.0 Å². The Hall–Kier alpha value is -3.97. The number of pyridine rings is 1. The van der Waals surface area contributed by atoms with Crippen LogP contribution in [0, 0.1) is 6.92 Å². The highest BCUT2D eigenvalue weighted by atomic mass is 19.4. The van der Waals surface area contributed by atoms with Crippen molar-refractivity contribution in [1.29, 1.82) is 0 Å². The lowest BCUT2D eigenvalue weighted by atomic mass is 10.2. The summed E-state index contributed by atoms with van der Waals surface area (Å²) in [4.78, 5) is 36.6. The molecule has 3 heterocycles. The summed E-state index contributed by atoms with van der Waals surface area (Å²) < 4.78 is 49.4. The summed E-state index contributed by atoms with van der Waals surface area (Å²) >= 11 is 0. The molecular weight excluding hydrogens is 495 g/mol. The predicted molar refractivity (Wildman–Crippen MR) is 124 cm³/mol. The molecule has 1 atom stereocenters. The van der Waals surface area contributed by atoms with E-state index >= 15 is 0 Å². The summed E-state index contributed by atoms with van der Waals surface area (Å²) in [5, 5.41) is 9.25. The number of imide groups is 1. The molecule has 4 rings (SSSR count). The van der Waals surface area contributed by atoms with Crippen molar-refractivity contribution in [3.63, 3.8) is 0 Å². The highest BCUT2D eigenvalue weighted by Crippen LogP contribution is 2.33. The first kappa shape index (κ1) is 26.1. The summed E-state index contributed by atoms with van der Waals surface area (Å²) in [6, 6.07) is 7.89. The fourth-order valence-corrected chi connectivity index (χ4v) is 3.94. The second kappa shape index (κ2) is 10.6. The quantitative estimate of drug-likeness (QED) is 0.446. The van der Waals surface area contributed by atoms with E-state index in [-0.39, 0.29) is 60.8 Å². The molecular formula is C24H25F3N5O5+. The number of rotatable bonds is 9. The van der Waals surface area contributed by atoms with Crippen LogP contribution in [0.5, 0.6) is 17.5 Å². The number of alkyl halides is 3. The zero-order chi connectivity index (χ0) is 26.7. The molecule has 1 aliphatic rings. The average molecular weight is 520 g/mol. The van der Waals surface area contributed by atoms with Crippen molar-refractivity contribution in [3.8, 4) is 17.5 Å². The molecule has 2 aromatic heterocycles. The number of halogens is 3. The Bertz CT molecular complexity index is 1290. The molecule has 196 valence electrons. The molecule has 0 radical (unpaired) electrons. The van der Waals surface area contributed by atoms with Crippen LogP contribution in [-0.2, 0) is 6.54 Å². The SMILES string of the molecule is CCN1C(=O)[NH+](CCCO)C(=O)c2c1nc(Oc1cccc(OC(F)(F)F)c1)n2Cc1ccc(C)nc1. The Kier molecular flexibility index (Phi) is 7.45. The van der Waals surface area contributed by atoms with Gasteiger partial charge < -0.3 is 14.6 Å². The second-order valence-corrected chi connectivity index (χ2v) is 8.27. The lowest BCUT2D eigenvalue weighted by Gasteiger charge is -2.27. The maximum Gasteiger partial charge on any atom is 0.573 e. The maximum atomic E-state index is 13.5. The monoisotopic (exact) mass is 520 g/mol. The third kappa shape index (κ3) is 5.73. The number of benzene rings is 1. The highest BCUT2D eigenvalue weighted by molar-refractivity contribution is 6.06. The fraction of sp³-hybridized carbons (Fsp3) is 0.333. The van der Waals surface area contributed by atoms with Gasteiger partial charge in [-0.3, -0.25) is 9.55 Å². The van der Waals surface area contributed by atoms with Crippen LogP contribution in [0.2, 0.25) is 0 Å². The molecule has 0 saturated carbocycles. The normalized spacial score (nSPS) is 15.6. The molecule has 0 bridgehead atoms. The zero-order valence-corrected chi connectivity index (χ0v) is 20.1. The largest absolute Gasteiger partial charge is 0.573 e. The Morgan fingerprint density at radius 3 is 2.54 bits per heavy atom. The molecule has 37 heavy (non-hydrogen) atoms. The van der Waals surface area contributed by atoms with Gasteiger partial charge in [-0.2, -0.15) is 9.88 Å². The van der Waals surface area contributed by atoms with Crippen LogP contribution in [0.15, 0.2) is 42.6 Å². The average Bonchev–Trinajstić information content (AvgIpc) is 3.17. The molecule has 1 unspecified atom stereocenters. The fourth-order valence-electron chi connectivity index (χ4n) is 3.94. The predicted octanol–water partition coefficient (Wildman–Crippen LogP) is 2.69. The number of urea groups is 1. The molecule has 1 aliphatic heterocycles. The van der Waals surface area contributed by atoms with Crippen molar-refractivity contribution in [2.45, 2.75) is 33.2 Å². The lowest BCUT2D eigenvalue weighted by Crippen LogP contribution is -3.19. The first-order valence-electron chi connectivity index (χ1n) is 11.5. The number of quaternary nitrogens is 1. The van der Waals surface area contributed by atoms with Crippen LogP contribution in [0.25, 0.3) is 0 Å². The molecule has 3 aromatic rings. The van der Waals surface area contributed by atoms with E-state index in [0.29, 0.717) is 5.56 Å². The minimum Gasteiger partial charge on any atom is -0.425 e. The number of carbonyl (C=O) groups is 2. The first-order valence-corrected chi connectivity index (χ1v) is 11.5. The van der Waals surface area contributed by atoms with Gasteiger partial charge in [-0.05, 0) is 37.6 Å². The third-order valence-electron chi connectivity index (χ3n) is 5.62. The van der Waals surface area contributed by atoms with Crippen molar-refractivity contribution in [2.75, 3.05) is 24.6 Å². The molecule has 0 fully saturated rings. The number of fused-ring (bicyclic) bond motifs is 1. The van der Waals surface area contributed by atoms with Crippen LogP contribution >= 0.6 is 0 Å². The van der Waals surface area contributed by atoms with Crippen LogP contribution in [0.1, 0.15) is 35.1 Å². The number of carbonyl (C=O) groups excluding carboxylic acids is 2. The standard InChI is InChI=1S/C24H24F3N5O5/c1-3-30-20-19(21(34)31(23(30)35)10-5-11-33)32(14-16-9-8-15(2)28-13-16)22(29-20)36-17-6-4-7-18(12-17)37-24(25,26)27/h4,6-9,12-13,33H,3,5,10-11,14H2,1-2H3/p+1. The number of ether oxygens (including phenoxy) is 2. The Balaban J connectivity index is 1.79. The summed E-state index contributed by atoms with van der Waals surface area (Å²) in [7, 11) is 0. The number of nitrogens with one attached hydrogen (secondary N) is 1. The summed E-state index contributed by atoms with van der Waals surface area (Å²) in [5.41, 5.74) is 1.59. The topological polar surface area (TPSA) is 111 Å². The molecule has 0 saturated heterocycles. The number of anilines is 1. The van der Waals surface area contributed by atoms with E-state index in [9.17, 15) is 27.9 Å². The summed E-state index contributed by atoms with van der Waals surface area (Å²) in [6.45, 7) is 3.73. The van der Waals surface area contributed by atoms with Crippen molar-refractivity contribution < 1.29 is 42.2 Å². The molecule has 10 nitrogen and oxygen atoms in total. The molecule has 0 aliphatic carbocycles. The number of aliphatic hydroxyl groups excluding tert-OH is 1. The van der Waals surface area contributed by atoms with E-state index in [1.165, 1.54) is 21.6 Å². The molecule has 2 N–H and O–H groups in total. The van der Waals surface area contributed by atoms with Gasteiger partial charge in [0.1, 0.15) is 11.5 Å². The number of amides is 3. The van der Waals surface area contributed by atoms with E-state index in [0.717, 1.165) is 17.8 Å². The van der Waals surface area contributed by atoms with Crippen molar-refractivity contribution >= 4 is 17.8 Å². The Morgan fingerprint density at radius 1 is 1.14 bits per heavy atom. The highest BCUT2D eigenvalue weighted by Gasteiger charge is 2.46. The number of imidazole rings is 1. The van der Waals surface area contributed by atoms with Gasteiger partial charge >= 0.3 is 24.3 Å². The minimum absolute atomic E-state index is 0.0127. The van der Waals surface area contributed by atoms with Crippen LogP contribution in [0.4, 0.5) is 23.8 Å². The van der Waals surface area contributed by atoms with Gasteiger partial charge in [0, 0.05) is 37.5 Å². The maximum absolute atomic E-state index is 13.5. The smallest absolute Gasteiger partial charge is 0.425 e. The van der Waals surface area contributed by atoms with Crippen molar-refractivity contribution in [3.05, 3.63) is 59.5 Å². The number of aromatic nitrogens is 3. The number of hydrogen-bond donors (Lipinski definition) is 2. The summed E-state index contributed by atoms with van der Waals surface area (Å²) in [6.07, 6.45) is -3.04. The van der Waals surface area contributed by atoms with E-state index in [2.05, 4.69) is 14.7 Å². The molecule has 3 amide bonds. The summed E-state index contributed by atoms with van der Waals surface area (Å²) in [5.74, 6) is -0.965. The molecule has 0 spiro atoms. The van der Waals surface area contributed by atoms with E-state index < -0.39 is 24.1 Å². The second-order valence-electron chi connectivity index (χ2n) is 8.27. The van der Waals surface area contributed by atoms with E-state index in [4.69, 9.17) is 4.74 Å². The first-order chi connectivity index (χ1) is 17.6. The van der Waals surface area contributed by atoms with Gasteiger partial charge in [-0.25, -0.2) is 14.5 Å². The van der Waals surface area contributed by atoms with Gasteiger partial charge in [0.05, 0.1) is 13.1 Å². The van der Waals surface area contributed by atoms with Crippen LogP contribution < -0.4 is 19.3 Å². The van der Waals surface area contributed by atoms with Gasteiger partial charge in [-0.15, -0.1) is 13.2 Å². The van der Waals surface area contributed by atoms with E-state index in [1.54, 1.807) is 19.2 Å². The van der Waals surface area contributed by atoms with Crippen molar-refractivity contribution in [1.82, 2.24) is 14.5 Å². The molecule has 13 heteroatoms. The Labute approximate surface area is 209 Å². The van der Waals surface area contributed by atoms with Crippen LogP contribution in [-0.4, -0.2) is 57.6 Å². The Morgan fingerprint density at radius 2 is 1.89 bits per heavy atom. The van der Waals surface area contributed by atoms with Gasteiger partial charge in [0.15, 0.2) is 11.5 Å². The van der Waals surface area contributed by atoms with Gasteiger partial charge in [-0.1, -0.05) is 12.1 Å². The lowest BCUT2D eigenvalue weighted by molar-refractivity contribution is -0.724. The zero-order valence-electron chi connectivity index (χ0n) is 20.1. The number of nitrogens with zero attached hydrogens (tertiary/aromatic N) is 4. The van der Waals surface area contributed by atoms with Gasteiger partial charge in [0.25, 0.3) is 0 Å². The molecule has 1 aromatic carbocycles. The third-order valence-corrected chi connectivity index (χ3v) is 5.62. The number of aryl methyl sites for hydroxylation is 1. The number of aliphatic hydroxyl groups is 1. The van der Waals surface area contributed by atoms with Crippen LogP contribution in [0.3, 0.4) is 0 Å². The number of hydrogen-bond acceptors (Lipinski definition) is 7. The van der Waals surface area contributed by atoms with Crippen molar-refractivity contribution in [2.24, 2.45) is 0 Å². The van der Waals surface area contributed by atoms with Gasteiger partial charge in [0.2, 0.25) is 0 Å².